The van der Waals surface area contributed by atoms with Gasteiger partial charge in [0.25, 0.3) is 0 Å². The topological polar surface area (TPSA) is 17.3 Å². The summed E-state index contributed by atoms with van der Waals surface area (Å²) in [5.41, 5.74) is 3.29. The lowest BCUT2D eigenvalue weighted by Gasteiger charge is -1.92. The third kappa shape index (κ3) is 2.60. The summed E-state index contributed by atoms with van der Waals surface area (Å²) in [6.07, 6.45) is 1.96. The Morgan fingerprint density at radius 1 is 0.824 bits per heavy atom. The van der Waals surface area contributed by atoms with Crippen LogP contribution in [-0.2, 0) is 0 Å². The van der Waals surface area contributed by atoms with Gasteiger partial charge in [0.15, 0.2) is 0 Å². The molecule has 0 aliphatic rings. The van der Waals surface area contributed by atoms with E-state index in [1.54, 1.807) is 0 Å². The summed E-state index contributed by atoms with van der Waals surface area (Å²) in [7, 11) is 0. The lowest BCUT2D eigenvalue weighted by atomic mass is 10.1. The largest absolute Gasteiger partial charge is 0.240 e. The van der Waals surface area contributed by atoms with Crippen LogP contribution >= 0.6 is 24.8 Å². The number of hydrogen-bond donors (Lipinski definition) is 0. The predicted molar refractivity (Wildman–Crippen MR) is 75.1 cm³/mol. The van der Waals surface area contributed by atoms with E-state index in [0.717, 1.165) is 16.8 Å². The number of aromatic nitrogens is 2. The number of halogens is 2. The van der Waals surface area contributed by atoms with E-state index in [0.29, 0.717) is 0 Å². The van der Waals surface area contributed by atoms with Crippen LogP contribution in [0.3, 0.4) is 0 Å². The Balaban J connectivity index is 0.000000722. The lowest BCUT2D eigenvalue weighted by Crippen LogP contribution is -1.84. The summed E-state index contributed by atoms with van der Waals surface area (Å²) in [4.78, 5) is 0. The summed E-state index contributed by atoms with van der Waals surface area (Å²) in [6.45, 7) is 0. The Kier molecular flexibility index (Phi) is 4.55. The molecule has 0 unspecified atom stereocenters. The summed E-state index contributed by atoms with van der Waals surface area (Å²) < 4.78 is 1.89. The van der Waals surface area contributed by atoms with Gasteiger partial charge in [-0.3, -0.25) is 0 Å². The van der Waals surface area contributed by atoms with Crippen LogP contribution in [0.2, 0.25) is 0 Å². The van der Waals surface area contributed by atoms with Crippen LogP contribution in [0.1, 0.15) is 0 Å². The molecule has 3 aromatic rings. The van der Waals surface area contributed by atoms with Crippen molar-refractivity contribution in [1.29, 1.82) is 0 Å². The Morgan fingerprint density at radius 2 is 1.53 bits per heavy atom. The van der Waals surface area contributed by atoms with Gasteiger partial charge in [-0.1, -0.05) is 36.4 Å². The molecule has 0 N–H and O–H groups in total. The number of pyridine rings is 1. The second-order valence-corrected chi connectivity index (χ2v) is 3.47. The molecule has 1 aromatic carbocycles. The van der Waals surface area contributed by atoms with Gasteiger partial charge in [0.1, 0.15) is 0 Å². The molecular formula is C13H12Cl2N2. The highest BCUT2D eigenvalue weighted by Crippen LogP contribution is 2.18. The number of nitrogens with zero attached hydrogens (tertiary/aromatic N) is 2. The van der Waals surface area contributed by atoms with Crippen molar-refractivity contribution < 1.29 is 0 Å². The van der Waals surface area contributed by atoms with Gasteiger partial charge in [0.2, 0.25) is 0 Å². The highest BCUT2D eigenvalue weighted by Gasteiger charge is 2.01. The number of fused-ring (bicyclic) bond motifs is 1. The second kappa shape index (κ2) is 5.71. The van der Waals surface area contributed by atoms with Gasteiger partial charge in [-0.05, 0) is 18.2 Å². The zero-order valence-corrected chi connectivity index (χ0v) is 10.6. The Hall–Kier alpha value is -1.51. The van der Waals surface area contributed by atoms with E-state index in [9.17, 15) is 0 Å². The maximum atomic E-state index is 4.50. The maximum absolute atomic E-state index is 4.50. The number of hydrogen-bond acceptors (Lipinski definition) is 1. The predicted octanol–water partition coefficient (Wildman–Crippen LogP) is 3.84. The lowest BCUT2D eigenvalue weighted by molar-refractivity contribution is 0.966. The van der Waals surface area contributed by atoms with Crippen LogP contribution in [-0.4, -0.2) is 9.61 Å². The van der Waals surface area contributed by atoms with Crippen molar-refractivity contribution in [2.24, 2.45) is 0 Å². The van der Waals surface area contributed by atoms with Gasteiger partial charge in [0, 0.05) is 11.8 Å². The fraction of sp³-hybridized carbons (Fsp3) is 0. The Morgan fingerprint density at radius 3 is 2.24 bits per heavy atom. The van der Waals surface area contributed by atoms with E-state index in [1.165, 1.54) is 0 Å². The smallest absolute Gasteiger partial charge is 0.0933 e. The highest BCUT2D eigenvalue weighted by atomic mass is 35.5. The number of benzene rings is 1. The van der Waals surface area contributed by atoms with E-state index in [1.807, 2.05) is 41.0 Å². The van der Waals surface area contributed by atoms with Crippen molar-refractivity contribution in [1.82, 2.24) is 9.61 Å². The first-order valence-electron chi connectivity index (χ1n) is 4.93. The molecule has 0 saturated heterocycles. The molecule has 4 heteroatoms. The second-order valence-electron chi connectivity index (χ2n) is 3.47. The van der Waals surface area contributed by atoms with Crippen LogP contribution in [0.4, 0.5) is 0 Å². The maximum Gasteiger partial charge on any atom is 0.0933 e. The van der Waals surface area contributed by atoms with Crippen LogP contribution in [0.25, 0.3) is 16.8 Å². The van der Waals surface area contributed by atoms with Crippen molar-refractivity contribution in [2.45, 2.75) is 0 Å². The molecule has 0 amide bonds. The van der Waals surface area contributed by atoms with Crippen LogP contribution in [0.15, 0.2) is 60.8 Å². The van der Waals surface area contributed by atoms with E-state index in [4.69, 9.17) is 0 Å². The fourth-order valence-electron chi connectivity index (χ4n) is 1.69. The van der Waals surface area contributed by atoms with E-state index in [-0.39, 0.29) is 24.8 Å². The SMILES string of the molecule is Cl.Cl.c1ccc(-c2cc3ccccn3n2)cc1. The van der Waals surface area contributed by atoms with Crippen molar-refractivity contribution in [3.63, 3.8) is 0 Å². The van der Waals surface area contributed by atoms with Crippen molar-refractivity contribution in [3.8, 4) is 11.3 Å². The monoisotopic (exact) mass is 266 g/mol. The highest BCUT2D eigenvalue weighted by molar-refractivity contribution is 5.85. The molecule has 2 nitrogen and oxygen atoms in total. The summed E-state index contributed by atoms with van der Waals surface area (Å²) >= 11 is 0. The van der Waals surface area contributed by atoms with Gasteiger partial charge in [0.05, 0.1) is 11.2 Å². The first-order chi connectivity index (χ1) is 7.43. The molecule has 0 spiro atoms. The molecule has 0 atom stereocenters. The summed E-state index contributed by atoms with van der Waals surface area (Å²) in [6, 6.07) is 18.4. The molecule has 88 valence electrons. The van der Waals surface area contributed by atoms with Crippen LogP contribution < -0.4 is 0 Å². The van der Waals surface area contributed by atoms with Gasteiger partial charge in [-0.25, -0.2) is 4.52 Å². The van der Waals surface area contributed by atoms with Gasteiger partial charge >= 0.3 is 0 Å². The van der Waals surface area contributed by atoms with Gasteiger partial charge in [-0.2, -0.15) is 5.10 Å². The van der Waals surface area contributed by atoms with Crippen molar-refractivity contribution in [3.05, 3.63) is 60.8 Å². The van der Waals surface area contributed by atoms with Crippen molar-refractivity contribution in [2.75, 3.05) is 0 Å². The zero-order valence-electron chi connectivity index (χ0n) is 8.98. The number of rotatable bonds is 1. The molecule has 0 aliphatic carbocycles. The quantitative estimate of drug-likeness (QED) is 0.654. The third-order valence-corrected chi connectivity index (χ3v) is 2.44. The van der Waals surface area contributed by atoms with Gasteiger partial charge < -0.3 is 0 Å². The average Bonchev–Trinajstić information content (AvgIpc) is 2.74. The third-order valence-electron chi connectivity index (χ3n) is 2.44. The molecule has 0 fully saturated rings. The zero-order chi connectivity index (χ0) is 10.1. The minimum atomic E-state index is 0. The first kappa shape index (κ1) is 13.6. The Labute approximate surface area is 112 Å². The summed E-state index contributed by atoms with van der Waals surface area (Å²) in [5, 5.41) is 4.50. The Bertz CT molecular complexity index is 557. The molecule has 3 rings (SSSR count). The molecule has 0 radical (unpaired) electrons. The van der Waals surface area contributed by atoms with Gasteiger partial charge in [-0.15, -0.1) is 24.8 Å². The van der Waals surface area contributed by atoms with E-state index < -0.39 is 0 Å². The molecule has 0 bridgehead atoms. The molecule has 2 aromatic heterocycles. The fourth-order valence-corrected chi connectivity index (χ4v) is 1.69. The molecule has 0 saturated carbocycles. The van der Waals surface area contributed by atoms with E-state index >= 15 is 0 Å². The average molecular weight is 267 g/mol. The van der Waals surface area contributed by atoms with E-state index in [2.05, 4.69) is 29.4 Å². The normalized spacial score (nSPS) is 9.41. The van der Waals surface area contributed by atoms with Crippen molar-refractivity contribution >= 4 is 30.3 Å². The van der Waals surface area contributed by atoms with Crippen LogP contribution in [0.5, 0.6) is 0 Å². The van der Waals surface area contributed by atoms with Crippen LogP contribution in [0, 0.1) is 0 Å². The molecule has 0 aliphatic heterocycles. The summed E-state index contributed by atoms with van der Waals surface area (Å²) in [5.74, 6) is 0. The minimum absolute atomic E-state index is 0. The first-order valence-corrected chi connectivity index (χ1v) is 4.93. The standard InChI is InChI=1S/C13H10N2.2ClH/c1-2-6-11(7-3-1)13-10-12-8-4-5-9-15(12)14-13;;/h1-10H;2*1H. The minimum Gasteiger partial charge on any atom is -0.240 e. The molecule has 17 heavy (non-hydrogen) atoms. The molecular weight excluding hydrogens is 255 g/mol. The molecule has 2 heterocycles.